The standard InChI is InChI=1S/C20H19ClN2O3S2/c21-17-10-5-4-9-16(17)14-22-20(24)18(13-15-7-2-1-3-8-15)23-28(25,26)19-11-6-12-27-19/h1-12,18,23H,13-14H2,(H,22,24). The minimum Gasteiger partial charge on any atom is -0.351 e. The van der Waals surface area contributed by atoms with Gasteiger partial charge in [0, 0.05) is 11.6 Å². The average molecular weight is 435 g/mol. The fourth-order valence-electron chi connectivity index (χ4n) is 2.65. The normalized spacial score (nSPS) is 12.5. The van der Waals surface area contributed by atoms with Crippen molar-refractivity contribution in [1.82, 2.24) is 10.0 Å². The number of sulfonamides is 1. The van der Waals surface area contributed by atoms with Gasteiger partial charge in [-0.2, -0.15) is 4.72 Å². The van der Waals surface area contributed by atoms with Crippen molar-refractivity contribution < 1.29 is 13.2 Å². The maximum Gasteiger partial charge on any atom is 0.250 e. The molecule has 1 heterocycles. The van der Waals surface area contributed by atoms with E-state index in [-0.39, 0.29) is 17.2 Å². The molecule has 0 bridgehead atoms. The van der Waals surface area contributed by atoms with Crippen molar-refractivity contribution in [2.45, 2.75) is 23.2 Å². The predicted molar refractivity (Wildman–Crippen MR) is 112 cm³/mol. The highest BCUT2D eigenvalue weighted by molar-refractivity contribution is 7.91. The summed E-state index contributed by atoms with van der Waals surface area (Å²) in [5.74, 6) is -0.413. The van der Waals surface area contributed by atoms with Crippen molar-refractivity contribution in [2.75, 3.05) is 0 Å². The van der Waals surface area contributed by atoms with Crippen LogP contribution in [-0.4, -0.2) is 20.4 Å². The second-order valence-electron chi connectivity index (χ2n) is 6.10. The van der Waals surface area contributed by atoms with E-state index in [9.17, 15) is 13.2 Å². The van der Waals surface area contributed by atoms with Crippen molar-refractivity contribution in [3.63, 3.8) is 0 Å². The minimum absolute atomic E-state index is 0.171. The number of carbonyl (C=O) groups excluding carboxylic acids is 1. The predicted octanol–water partition coefficient (Wildman–Crippen LogP) is 3.61. The Labute approximate surface area is 173 Å². The first-order valence-corrected chi connectivity index (χ1v) is 11.3. The van der Waals surface area contributed by atoms with E-state index in [0.29, 0.717) is 5.02 Å². The molecule has 28 heavy (non-hydrogen) atoms. The van der Waals surface area contributed by atoms with Gasteiger partial charge in [0.25, 0.3) is 10.0 Å². The summed E-state index contributed by atoms with van der Waals surface area (Å²) in [6, 6.07) is 18.7. The molecule has 1 unspecified atom stereocenters. The molecular weight excluding hydrogens is 416 g/mol. The molecular formula is C20H19ClN2O3S2. The summed E-state index contributed by atoms with van der Waals surface area (Å²) in [5.41, 5.74) is 1.62. The Hall–Kier alpha value is -2.19. The van der Waals surface area contributed by atoms with Gasteiger partial charge in [0.05, 0.1) is 0 Å². The van der Waals surface area contributed by atoms with Gasteiger partial charge < -0.3 is 5.32 Å². The third-order valence-corrected chi connectivity index (χ3v) is 7.31. The van der Waals surface area contributed by atoms with E-state index >= 15 is 0 Å². The lowest BCUT2D eigenvalue weighted by Crippen LogP contribution is -2.47. The lowest BCUT2D eigenvalue weighted by Gasteiger charge is -2.18. The van der Waals surface area contributed by atoms with Crippen molar-refractivity contribution in [2.24, 2.45) is 0 Å². The molecule has 3 aromatic rings. The van der Waals surface area contributed by atoms with E-state index in [4.69, 9.17) is 11.6 Å². The number of halogens is 1. The molecule has 0 spiro atoms. The molecule has 5 nitrogen and oxygen atoms in total. The summed E-state index contributed by atoms with van der Waals surface area (Å²) in [4.78, 5) is 12.8. The van der Waals surface area contributed by atoms with E-state index in [1.54, 1.807) is 23.6 Å². The molecule has 0 saturated carbocycles. The topological polar surface area (TPSA) is 75.3 Å². The van der Waals surface area contributed by atoms with Crippen LogP contribution in [0.3, 0.4) is 0 Å². The lowest BCUT2D eigenvalue weighted by atomic mass is 10.1. The van der Waals surface area contributed by atoms with Gasteiger partial charge in [0.2, 0.25) is 5.91 Å². The summed E-state index contributed by atoms with van der Waals surface area (Å²) < 4.78 is 28.0. The zero-order valence-electron chi connectivity index (χ0n) is 14.8. The molecule has 146 valence electrons. The highest BCUT2D eigenvalue weighted by atomic mass is 35.5. The Morgan fingerprint density at radius 2 is 1.71 bits per heavy atom. The fraction of sp³-hybridized carbons (Fsp3) is 0.150. The number of benzene rings is 2. The second-order valence-corrected chi connectivity index (χ2v) is 9.40. The van der Waals surface area contributed by atoms with Crippen molar-refractivity contribution in [3.05, 3.63) is 88.3 Å². The molecule has 0 fully saturated rings. The molecule has 2 N–H and O–H groups in total. The summed E-state index contributed by atoms with van der Waals surface area (Å²) in [6.45, 7) is 0.213. The maximum atomic E-state index is 12.8. The van der Waals surface area contributed by atoms with Gasteiger partial charge in [-0.1, -0.05) is 66.2 Å². The van der Waals surface area contributed by atoms with E-state index in [0.717, 1.165) is 22.5 Å². The molecule has 3 rings (SSSR count). The van der Waals surface area contributed by atoms with Gasteiger partial charge in [0.1, 0.15) is 10.3 Å². The van der Waals surface area contributed by atoms with Gasteiger partial charge in [-0.3, -0.25) is 4.79 Å². The van der Waals surface area contributed by atoms with Gasteiger partial charge in [-0.05, 0) is 35.1 Å². The van der Waals surface area contributed by atoms with Gasteiger partial charge in [-0.25, -0.2) is 8.42 Å². The highest BCUT2D eigenvalue weighted by Gasteiger charge is 2.26. The third kappa shape index (κ3) is 5.42. The van der Waals surface area contributed by atoms with Gasteiger partial charge >= 0.3 is 0 Å². The van der Waals surface area contributed by atoms with Gasteiger partial charge in [0.15, 0.2) is 0 Å². The molecule has 0 radical (unpaired) electrons. The fourth-order valence-corrected chi connectivity index (χ4v) is 5.05. The average Bonchev–Trinajstić information content (AvgIpc) is 3.23. The highest BCUT2D eigenvalue weighted by Crippen LogP contribution is 2.17. The number of thiophene rings is 1. The first kappa shape index (κ1) is 20.5. The Bertz CT molecular complexity index is 1020. The quantitative estimate of drug-likeness (QED) is 0.568. The molecule has 0 aliphatic rings. The summed E-state index contributed by atoms with van der Waals surface area (Å²) in [7, 11) is -3.79. The van der Waals surface area contributed by atoms with Crippen LogP contribution in [0.4, 0.5) is 0 Å². The van der Waals surface area contributed by atoms with Crippen molar-refractivity contribution in [3.8, 4) is 0 Å². The van der Waals surface area contributed by atoms with E-state index in [1.807, 2.05) is 42.5 Å². The van der Waals surface area contributed by atoms with Crippen LogP contribution in [0.1, 0.15) is 11.1 Å². The van der Waals surface area contributed by atoms with Crippen LogP contribution in [0.15, 0.2) is 76.3 Å². The maximum absolute atomic E-state index is 12.8. The molecule has 2 aromatic carbocycles. The lowest BCUT2D eigenvalue weighted by molar-refractivity contribution is -0.122. The summed E-state index contributed by atoms with van der Waals surface area (Å²) >= 11 is 7.23. The molecule has 1 aromatic heterocycles. The molecule has 1 amide bonds. The summed E-state index contributed by atoms with van der Waals surface area (Å²) in [5, 5.41) is 5.00. The van der Waals surface area contributed by atoms with E-state index in [2.05, 4.69) is 10.0 Å². The zero-order chi connectivity index (χ0) is 20.0. The van der Waals surface area contributed by atoms with Crippen LogP contribution in [0.5, 0.6) is 0 Å². The Morgan fingerprint density at radius 1 is 1.00 bits per heavy atom. The first-order chi connectivity index (χ1) is 13.5. The Kier molecular flexibility index (Phi) is 6.85. The first-order valence-electron chi connectivity index (χ1n) is 8.56. The largest absolute Gasteiger partial charge is 0.351 e. The zero-order valence-corrected chi connectivity index (χ0v) is 17.2. The van der Waals surface area contributed by atoms with Crippen LogP contribution < -0.4 is 10.0 Å². The number of nitrogens with one attached hydrogen (secondary N) is 2. The molecule has 0 saturated heterocycles. The van der Waals surface area contributed by atoms with E-state index < -0.39 is 22.0 Å². The van der Waals surface area contributed by atoms with E-state index in [1.165, 1.54) is 6.07 Å². The van der Waals surface area contributed by atoms with Gasteiger partial charge in [-0.15, -0.1) is 11.3 Å². The number of hydrogen-bond acceptors (Lipinski definition) is 4. The van der Waals surface area contributed by atoms with Crippen molar-refractivity contribution >= 4 is 38.9 Å². The Balaban J connectivity index is 1.77. The minimum atomic E-state index is -3.79. The number of hydrogen-bond donors (Lipinski definition) is 2. The van der Waals surface area contributed by atoms with Crippen LogP contribution in [0.2, 0.25) is 5.02 Å². The molecule has 1 atom stereocenters. The summed E-state index contributed by atoms with van der Waals surface area (Å²) in [6.07, 6.45) is 0.236. The SMILES string of the molecule is O=C(NCc1ccccc1Cl)C(Cc1ccccc1)NS(=O)(=O)c1cccs1. The molecule has 0 aliphatic carbocycles. The molecule has 0 aliphatic heterocycles. The van der Waals surface area contributed by atoms with Crippen LogP contribution in [0.25, 0.3) is 0 Å². The monoisotopic (exact) mass is 434 g/mol. The van der Waals surface area contributed by atoms with Crippen molar-refractivity contribution in [1.29, 1.82) is 0 Å². The smallest absolute Gasteiger partial charge is 0.250 e. The number of carbonyl (C=O) groups is 1. The number of amides is 1. The van der Waals surface area contributed by atoms with Crippen LogP contribution in [-0.2, 0) is 27.8 Å². The van der Waals surface area contributed by atoms with Crippen LogP contribution >= 0.6 is 22.9 Å². The van der Waals surface area contributed by atoms with Crippen LogP contribution in [0, 0.1) is 0 Å². The second kappa shape index (κ2) is 9.34. The third-order valence-electron chi connectivity index (χ3n) is 4.07. The Morgan fingerprint density at radius 3 is 2.39 bits per heavy atom. The molecule has 8 heteroatoms. The number of rotatable bonds is 8.